The molecule has 2 N–H and O–H groups in total. The standard InChI is InChI=1S/C23H32N4OS/c1-26(15-18-6-3-2-4-7-18)16-20-17-27-10-9-19(20)12-21(27)13-24-23(29)25-14-22-8-5-11-28-22/h2-8,11,19-21H,9-10,12-17H2,1H3,(H2,24,25,29). The molecule has 5 rings (SSSR count). The number of hydrogen-bond acceptors (Lipinski definition) is 4. The SMILES string of the molecule is CN(Cc1ccccc1)CC1CN2CCC1CC2CNC(=S)NCc1ccco1. The summed E-state index contributed by atoms with van der Waals surface area (Å²) in [5.41, 5.74) is 1.40. The molecule has 6 heteroatoms. The molecule has 4 unspecified atom stereocenters. The molecule has 2 aromatic rings. The fourth-order valence-corrected chi connectivity index (χ4v) is 5.04. The molecule has 1 aromatic carbocycles. The van der Waals surface area contributed by atoms with Crippen molar-refractivity contribution < 1.29 is 4.42 Å². The van der Waals surface area contributed by atoms with Gasteiger partial charge in [0.15, 0.2) is 5.11 Å². The van der Waals surface area contributed by atoms with Crippen molar-refractivity contribution >= 4 is 17.3 Å². The number of nitrogens with one attached hydrogen (secondary N) is 2. The Bertz CT molecular complexity index is 766. The number of nitrogens with zero attached hydrogens (tertiary/aromatic N) is 2. The maximum atomic E-state index is 5.44. The van der Waals surface area contributed by atoms with Crippen molar-refractivity contribution in [1.82, 2.24) is 20.4 Å². The van der Waals surface area contributed by atoms with Gasteiger partial charge in [0.1, 0.15) is 5.76 Å². The van der Waals surface area contributed by atoms with Crippen molar-refractivity contribution in [2.24, 2.45) is 11.8 Å². The molecule has 5 nitrogen and oxygen atoms in total. The third-order valence-electron chi connectivity index (χ3n) is 6.36. The van der Waals surface area contributed by atoms with Gasteiger partial charge in [-0.05, 0) is 68.2 Å². The Balaban J connectivity index is 1.20. The number of furan rings is 1. The lowest BCUT2D eigenvalue weighted by Gasteiger charge is -2.50. The Hall–Kier alpha value is -1.89. The summed E-state index contributed by atoms with van der Waals surface area (Å²) >= 11 is 5.44. The highest BCUT2D eigenvalue weighted by Gasteiger charge is 2.40. The average molecular weight is 413 g/mol. The van der Waals surface area contributed by atoms with E-state index in [2.05, 4.69) is 57.8 Å². The number of piperidine rings is 3. The first-order valence-electron chi connectivity index (χ1n) is 10.7. The minimum Gasteiger partial charge on any atom is -0.467 e. The zero-order valence-corrected chi connectivity index (χ0v) is 18.0. The summed E-state index contributed by atoms with van der Waals surface area (Å²) in [7, 11) is 2.26. The second kappa shape index (κ2) is 9.74. The first-order valence-corrected chi connectivity index (χ1v) is 11.1. The normalized spacial score (nSPS) is 25.9. The van der Waals surface area contributed by atoms with Gasteiger partial charge in [-0.1, -0.05) is 30.3 Å². The zero-order valence-electron chi connectivity index (χ0n) is 17.2. The summed E-state index contributed by atoms with van der Waals surface area (Å²) in [6.07, 6.45) is 4.30. The third-order valence-corrected chi connectivity index (χ3v) is 6.65. The Kier molecular flexibility index (Phi) is 6.85. The molecule has 3 aliphatic heterocycles. The minimum atomic E-state index is 0.591. The lowest BCUT2D eigenvalue weighted by atomic mass is 9.75. The van der Waals surface area contributed by atoms with Crippen LogP contribution in [0.2, 0.25) is 0 Å². The van der Waals surface area contributed by atoms with E-state index in [0.29, 0.717) is 17.7 Å². The lowest BCUT2D eigenvalue weighted by molar-refractivity contribution is -0.00851. The molecule has 0 aliphatic carbocycles. The van der Waals surface area contributed by atoms with Crippen LogP contribution >= 0.6 is 12.2 Å². The van der Waals surface area contributed by atoms with Crippen molar-refractivity contribution in [3.05, 3.63) is 60.1 Å². The van der Waals surface area contributed by atoms with E-state index < -0.39 is 0 Å². The molecular formula is C23H32N4OS. The van der Waals surface area contributed by atoms with Crippen LogP contribution in [0, 0.1) is 11.8 Å². The predicted molar refractivity (Wildman–Crippen MR) is 120 cm³/mol. The maximum absolute atomic E-state index is 5.44. The lowest BCUT2D eigenvalue weighted by Crippen LogP contribution is -2.58. The molecule has 2 bridgehead atoms. The van der Waals surface area contributed by atoms with Crippen LogP contribution in [0.15, 0.2) is 53.1 Å². The first kappa shape index (κ1) is 20.4. The molecule has 4 heterocycles. The van der Waals surface area contributed by atoms with Crippen LogP contribution in [0.4, 0.5) is 0 Å². The number of benzene rings is 1. The average Bonchev–Trinajstić information content (AvgIpc) is 3.26. The van der Waals surface area contributed by atoms with Crippen molar-refractivity contribution in [3.63, 3.8) is 0 Å². The second-order valence-electron chi connectivity index (χ2n) is 8.52. The summed E-state index contributed by atoms with van der Waals surface area (Å²) in [4.78, 5) is 5.16. The zero-order chi connectivity index (χ0) is 20.1. The highest BCUT2D eigenvalue weighted by molar-refractivity contribution is 7.80. The largest absolute Gasteiger partial charge is 0.467 e. The number of fused-ring (bicyclic) bond motifs is 3. The molecule has 0 radical (unpaired) electrons. The highest BCUT2D eigenvalue weighted by Crippen LogP contribution is 2.36. The summed E-state index contributed by atoms with van der Waals surface area (Å²) in [6, 6.07) is 15.2. The summed E-state index contributed by atoms with van der Waals surface area (Å²) in [5, 5.41) is 7.35. The molecular weight excluding hydrogens is 380 g/mol. The van der Waals surface area contributed by atoms with Crippen LogP contribution in [-0.2, 0) is 13.1 Å². The van der Waals surface area contributed by atoms with Gasteiger partial charge in [0.25, 0.3) is 0 Å². The molecule has 3 saturated heterocycles. The van der Waals surface area contributed by atoms with E-state index in [0.717, 1.165) is 30.7 Å². The van der Waals surface area contributed by atoms with Crippen molar-refractivity contribution in [1.29, 1.82) is 0 Å². The summed E-state index contributed by atoms with van der Waals surface area (Å²) in [6.45, 7) is 6.20. The quantitative estimate of drug-likeness (QED) is 0.650. The maximum Gasteiger partial charge on any atom is 0.166 e. The van der Waals surface area contributed by atoms with Crippen LogP contribution in [0.5, 0.6) is 0 Å². The van der Waals surface area contributed by atoms with E-state index in [4.69, 9.17) is 16.6 Å². The molecule has 156 valence electrons. The van der Waals surface area contributed by atoms with Crippen LogP contribution in [0.1, 0.15) is 24.2 Å². The Morgan fingerprint density at radius 1 is 1.21 bits per heavy atom. The third kappa shape index (κ3) is 5.59. The molecule has 0 spiro atoms. The smallest absolute Gasteiger partial charge is 0.166 e. The number of thiocarbonyl (C=S) groups is 1. The van der Waals surface area contributed by atoms with Crippen LogP contribution in [-0.4, -0.2) is 54.2 Å². The van der Waals surface area contributed by atoms with Gasteiger partial charge in [-0.25, -0.2) is 0 Å². The van der Waals surface area contributed by atoms with Gasteiger partial charge in [-0.15, -0.1) is 0 Å². The van der Waals surface area contributed by atoms with Gasteiger partial charge in [0.2, 0.25) is 0 Å². The number of rotatable bonds is 8. The van der Waals surface area contributed by atoms with Crippen molar-refractivity contribution in [2.45, 2.75) is 32.0 Å². The fraction of sp³-hybridized carbons (Fsp3) is 0.522. The first-order chi connectivity index (χ1) is 14.2. The van der Waals surface area contributed by atoms with E-state index in [1.54, 1.807) is 6.26 Å². The summed E-state index contributed by atoms with van der Waals surface area (Å²) in [5.74, 6) is 2.50. The van der Waals surface area contributed by atoms with Gasteiger partial charge in [0.05, 0.1) is 12.8 Å². The van der Waals surface area contributed by atoms with E-state index in [9.17, 15) is 0 Å². The van der Waals surface area contributed by atoms with Crippen LogP contribution in [0.25, 0.3) is 0 Å². The molecule has 4 atom stereocenters. The topological polar surface area (TPSA) is 43.7 Å². The van der Waals surface area contributed by atoms with E-state index in [-0.39, 0.29) is 0 Å². The van der Waals surface area contributed by atoms with Gasteiger partial charge >= 0.3 is 0 Å². The van der Waals surface area contributed by atoms with Gasteiger partial charge in [-0.3, -0.25) is 4.90 Å². The Labute approximate surface area is 179 Å². The van der Waals surface area contributed by atoms with E-state index in [1.165, 1.54) is 38.0 Å². The van der Waals surface area contributed by atoms with E-state index >= 15 is 0 Å². The van der Waals surface area contributed by atoms with E-state index in [1.807, 2.05) is 12.1 Å². The van der Waals surface area contributed by atoms with Crippen molar-refractivity contribution in [3.8, 4) is 0 Å². The monoisotopic (exact) mass is 412 g/mol. The molecule has 3 aliphatic rings. The highest BCUT2D eigenvalue weighted by atomic mass is 32.1. The molecule has 1 aromatic heterocycles. The molecule has 3 fully saturated rings. The Morgan fingerprint density at radius 3 is 2.79 bits per heavy atom. The molecule has 0 saturated carbocycles. The van der Waals surface area contributed by atoms with Crippen LogP contribution < -0.4 is 10.6 Å². The number of hydrogen-bond donors (Lipinski definition) is 2. The van der Waals surface area contributed by atoms with Crippen LogP contribution in [0.3, 0.4) is 0 Å². The van der Waals surface area contributed by atoms with Crippen molar-refractivity contribution in [2.75, 3.05) is 33.2 Å². The second-order valence-corrected chi connectivity index (χ2v) is 8.93. The van der Waals surface area contributed by atoms with Gasteiger partial charge in [0, 0.05) is 32.2 Å². The molecule has 0 amide bonds. The molecule has 29 heavy (non-hydrogen) atoms. The summed E-state index contributed by atoms with van der Waals surface area (Å²) < 4.78 is 5.34. The fourth-order valence-electron chi connectivity index (χ4n) is 4.88. The van der Waals surface area contributed by atoms with Gasteiger partial charge in [-0.2, -0.15) is 0 Å². The van der Waals surface area contributed by atoms with Gasteiger partial charge < -0.3 is 20.0 Å². The minimum absolute atomic E-state index is 0.591. The predicted octanol–water partition coefficient (Wildman–Crippen LogP) is 3.09. The Morgan fingerprint density at radius 2 is 2.07 bits per heavy atom.